The van der Waals surface area contributed by atoms with Gasteiger partial charge < -0.3 is 10.2 Å². The highest BCUT2D eigenvalue weighted by Crippen LogP contribution is 2.36. The van der Waals surface area contributed by atoms with Gasteiger partial charge in [0.25, 0.3) is 0 Å². The minimum atomic E-state index is -0.483. The second-order valence-electron chi connectivity index (χ2n) is 5.91. The molecule has 0 bridgehead atoms. The predicted octanol–water partition coefficient (Wildman–Crippen LogP) is 3.14. The van der Waals surface area contributed by atoms with E-state index in [-0.39, 0.29) is 17.6 Å². The number of carbonyl (C=O) groups excluding carboxylic acids is 2. The zero-order chi connectivity index (χ0) is 17.3. The monoisotopic (exact) mass is 347 g/mol. The van der Waals surface area contributed by atoms with Crippen LogP contribution in [0.4, 0.5) is 9.52 Å². The van der Waals surface area contributed by atoms with Crippen molar-refractivity contribution in [3.63, 3.8) is 0 Å². The zero-order valence-electron chi connectivity index (χ0n) is 13.5. The van der Waals surface area contributed by atoms with E-state index in [9.17, 15) is 14.0 Å². The number of thiazole rings is 1. The molecule has 2 aromatic rings. The lowest BCUT2D eigenvalue weighted by atomic mass is 9.84. The molecule has 1 aromatic carbocycles. The fraction of sp³-hybridized carbons (Fsp3) is 0.353. The summed E-state index contributed by atoms with van der Waals surface area (Å²) in [7, 11) is 1.66. The van der Waals surface area contributed by atoms with Gasteiger partial charge in [0, 0.05) is 24.5 Å². The number of aryl methyl sites for hydroxylation is 1. The number of piperidine rings is 1. The molecule has 24 heavy (non-hydrogen) atoms. The molecule has 2 atom stereocenters. The molecule has 3 rings (SSSR count). The van der Waals surface area contributed by atoms with E-state index in [0.29, 0.717) is 23.5 Å². The number of amides is 2. The first-order valence-corrected chi connectivity index (χ1v) is 8.52. The van der Waals surface area contributed by atoms with Gasteiger partial charge >= 0.3 is 0 Å². The molecule has 0 aliphatic carbocycles. The number of benzene rings is 1. The van der Waals surface area contributed by atoms with Crippen LogP contribution in [0, 0.1) is 18.7 Å². The Kier molecular flexibility index (Phi) is 4.62. The second kappa shape index (κ2) is 6.68. The standard InChI is InChI=1S/C17H18FN3O2S/c1-10-9-19-17(24-10)20-16(23)13-6-7-14(22)21(2)15(13)11-4-3-5-12(18)8-11/h3-5,8-9,13,15H,6-7H2,1-2H3,(H,19,20,23). The summed E-state index contributed by atoms with van der Waals surface area (Å²) in [6.07, 6.45) is 2.43. The van der Waals surface area contributed by atoms with E-state index >= 15 is 0 Å². The molecule has 126 valence electrons. The normalized spacial score (nSPS) is 21.0. The van der Waals surface area contributed by atoms with Crippen molar-refractivity contribution in [3.8, 4) is 0 Å². The number of hydrogen-bond acceptors (Lipinski definition) is 4. The van der Waals surface area contributed by atoms with E-state index in [0.717, 1.165) is 4.88 Å². The number of nitrogens with zero attached hydrogens (tertiary/aromatic N) is 2. The molecule has 1 N–H and O–H groups in total. The van der Waals surface area contributed by atoms with Crippen molar-refractivity contribution >= 4 is 28.3 Å². The smallest absolute Gasteiger partial charge is 0.231 e. The maximum absolute atomic E-state index is 13.6. The molecule has 2 amide bonds. The van der Waals surface area contributed by atoms with Crippen LogP contribution in [0.15, 0.2) is 30.5 Å². The van der Waals surface area contributed by atoms with Gasteiger partial charge in [0.2, 0.25) is 11.8 Å². The Bertz CT molecular complexity index is 777. The molecular formula is C17H18FN3O2S. The number of rotatable bonds is 3. The Morgan fingerprint density at radius 3 is 2.92 bits per heavy atom. The minimum Gasteiger partial charge on any atom is -0.338 e. The fourth-order valence-electron chi connectivity index (χ4n) is 3.07. The van der Waals surface area contributed by atoms with Crippen LogP contribution in [0.25, 0.3) is 0 Å². The highest BCUT2D eigenvalue weighted by molar-refractivity contribution is 7.15. The molecule has 7 heteroatoms. The van der Waals surface area contributed by atoms with E-state index in [1.165, 1.54) is 28.4 Å². The number of halogens is 1. The highest BCUT2D eigenvalue weighted by atomic mass is 32.1. The maximum atomic E-state index is 13.6. The van der Waals surface area contributed by atoms with Crippen molar-refractivity contribution in [1.29, 1.82) is 0 Å². The topological polar surface area (TPSA) is 62.3 Å². The van der Waals surface area contributed by atoms with Crippen LogP contribution in [-0.4, -0.2) is 28.7 Å². The van der Waals surface area contributed by atoms with Crippen molar-refractivity contribution in [2.75, 3.05) is 12.4 Å². The average molecular weight is 347 g/mol. The van der Waals surface area contributed by atoms with Crippen molar-refractivity contribution in [2.24, 2.45) is 5.92 Å². The Morgan fingerprint density at radius 2 is 2.25 bits per heavy atom. The Hall–Kier alpha value is -2.28. The lowest BCUT2D eigenvalue weighted by molar-refractivity contribution is -0.140. The molecule has 1 aliphatic heterocycles. The van der Waals surface area contributed by atoms with Crippen LogP contribution < -0.4 is 5.32 Å². The number of aromatic nitrogens is 1. The van der Waals surface area contributed by atoms with E-state index < -0.39 is 12.0 Å². The summed E-state index contributed by atoms with van der Waals surface area (Å²) in [5, 5.41) is 3.36. The third kappa shape index (κ3) is 3.31. The zero-order valence-corrected chi connectivity index (χ0v) is 14.3. The molecule has 1 aliphatic rings. The summed E-state index contributed by atoms with van der Waals surface area (Å²) < 4.78 is 13.6. The molecule has 1 fully saturated rings. The van der Waals surface area contributed by atoms with Gasteiger partial charge in [-0.2, -0.15) is 0 Å². The van der Waals surface area contributed by atoms with E-state index in [1.807, 2.05) is 6.92 Å². The Balaban J connectivity index is 1.88. The van der Waals surface area contributed by atoms with Crippen LogP contribution in [-0.2, 0) is 9.59 Å². The molecule has 0 spiro atoms. The van der Waals surface area contributed by atoms with E-state index in [2.05, 4.69) is 10.3 Å². The van der Waals surface area contributed by atoms with Crippen molar-refractivity contribution < 1.29 is 14.0 Å². The number of hydrogen-bond donors (Lipinski definition) is 1. The molecule has 1 saturated heterocycles. The Morgan fingerprint density at radius 1 is 1.46 bits per heavy atom. The molecule has 2 unspecified atom stereocenters. The van der Waals surface area contributed by atoms with Gasteiger partial charge in [-0.05, 0) is 31.0 Å². The van der Waals surface area contributed by atoms with Crippen LogP contribution in [0.2, 0.25) is 0 Å². The minimum absolute atomic E-state index is 0.0431. The average Bonchev–Trinajstić information content (AvgIpc) is 2.94. The first-order chi connectivity index (χ1) is 11.5. The molecule has 0 radical (unpaired) electrons. The third-order valence-electron chi connectivity index (χ3n) is 4.24. The number of carbonyl (C=O) groups is 2. The summed E-state index contributed by atoms with van der Waals surface area (Å²) in [5.41, 5.74) is 0.626. The van der Waals surface area contributed by atoms with Gasteiger partial charge in [-0.15, -0.1) is 11.3 Å². The largest absolute Gasteiger partial charge is 0.338 e. The molecule has 0 saturated carbocycles. The lowest BCUT2D eigenvalue weighted by Gasteiger charge is -2.38. The first-order valence-electron chi connectivity index (χ1n) is 7.70. The number of nitrogens with one attached hydrogen (secondary N) is 1. The van der Waals surface area contributed by atoms with Crippen LogP contribution in [0.3, 0.4) is 0 Å². The summed E-state index contributed by atoms with van der Waals surface area (Å²) in [4.78, 5) is 31.5. The molecule has 1 aromatic heterocycles. The highest BCUT2D eigenvalue weighted by Gasteiger charge is 2.39. The van der Waals surface area contributed by atoms with E-state index in [4.69, 9.17) is 0 Å². The van der Waals surface area contributed by atoms with Gasteiger partial charge in [0.1, 0.15) is 5.82 Å². The molecule has 5 nitrogen and oxygen atoms in total. The number of likely N-dealkylation sites (tertiary alicyclic amines) is 1. The third-order valence-corrected chi connectivity index (χ3v) is 5.07. The van der Waals surface area contributed by atoms with Gasteiger partial charge in [0.15, 0.2) is 5.13 Å². The summed E-state index contributed by atoms with van der Waals surface area (Å²) in [6, 6.07) is 5.59. The molecular weight excluding hydrogens is 329 g/mol. The maximum Gasteiger partial charge on any atom is 0.231 e. The lowest BCUT2D eigenvalue weighted by Crippen LogP contribution is -2.44. The van der Waals surface area contributed by atoms with Crippen LogP contribution in [0.1, 0.15) is 29.3 Å². The first kappa shape index (κ1) is 16.6. The fourth-order valence-corrected chi connectivity index (χ4v) is 3.74. The van der Waals surface area contributed by atoms with E-state index in [1.54, 1.807) is 25.4 Å². The number of anilines is 1. The van der Waals surface area contributed by atoms with Crippen LogP contribution >= 0.6 is 11.3 Å². The predicted molar refractivity (Wildman–Crippen MR) is 90.1 cm³/mol. The SMILES string of the molecule is Cc1cnc(NC(=O)C2CCC(=O)N(C)C2c2cccc(F)c2)s1. The second-order valence-corrected chi connectivity index (χ2v) is 7.15. The van der Waals surface area contributed by atoms with Crippen molar-refractivity contribution in [2.45, 2.75) is 25.8 Å². The van der Waals surface area contributed by atoms with Gasteiger partial charge in [-0.3, -0.25) is 9.59 Å². The van der Waals surface area contributed by atoms with Gasteiger partial charge in [-0.1, -0.05) is 12.1 Å². The molecule has 2 heterocycles. The van der Waals surface area contributed by atoms with Gasteiger partial charge in [-0.25, -0.2) is 9.37 Å². The summed E-state index contributed by atoms with van der Waals surface area (Å²) in [6.45, 7) is 1.91. The van der Waals surface area contributed by atoms with Crippen molar-refractivity contribution in [1.82, 2.24) is 9.88 Å². The van der Waals surface area contributed by atoms with Crippen LogP contribution in [0.5, 0.6) is 0 Å². The van der Waals surface area contributed by atoms with Crippen molar-refractivity contribution in [3.05, 3.63) is 46.7 Å². The Labute approximate surface area is 143 Å². The summed E-state index contributed by atoms with van der Waals surface area (Å²) in [5.74, 6) is -1.07. The summed E-state index contributed by atoms with van der Waals surface area (Å²) >= 11 is 1.40. The van der Waals surface area contributed by atoms with Gasteiger partial charge in [0.05, 0.1) is 12.0 Å². The quantitative estimate of drug-likeness (QED) is 0.928.